The average Bonchev–Trinajstić information content (AvgIpc) is 3.29. The summed E-state index contributed by atoms with van der Waals surface area (Å²) in [6.07, 6.45) is 28.0. The third-order valence-electron chi connectivity index (χ3n) is 13.3. The number of unbranched alkanes of at least 4 members (excludes halogenated alkanes) is 5. The second-order valence-electron chi connectivity index (χ2n) is 16.3. The Bertz CT molecular complexity index is 873. The summed E-state index contributed by atoms with van der Waals surface area (Å²) < 4.78 is 6.11. The highest BCUT2D eigenvalue weighted by Gasteiger charge is 2.65. The van der Waals surface area contributed by atoms with Crippen molar-refractivity contribution in [3.05, 3.63) is 11.6 Å². The van der Waals surface area contributed by atoms with Gasteiger partial charge < -0.3 is 4.74 Å². The Morgan fingerprint density at radius 1 is 0.878 bits per heavy atom. The van der Waals surface area contributed by atoms with Crippen molar-refractivity contribution in [1.82, 2.24) is 0 Å². The molecule has 0 aliphatic heterocycles. The zero-order valence-corrected chi connectivity index (χ0v) is 28.5. The number of esters is 1. The third-order valence-corrected chi connectivity index (χ3v) is 13.3. The molecular formula is C39H68O2. The van der Waals surface area contributed by atoms with Crippen molar-refractivity contribution < 1.29 is 9.53 Å². The first-order chi connectivity index (χ1) is 19.6. The van der Waals surface area contributed by atoms with Gasteiger partial charge in [-0.2, -0.15) is 0 Å². The van der Waals surface area contributed by atoms with Crippen LogP contribution in [0.5, 0.6) is 0 Å². The molecule has 3 fully saturated rings. The SMILES string of the molecule is CCCCCCCCC(=O)O[C@H]1CC[C@@]2(C)C(=CC[C@@]3(CCC)[C@@H]4CC[C@H]([C@H](C)CCCC(C)C)[C@@]4(C)CC[C@@H]32)C1. The summed E-state index contributed by atoms with van der Waals surface area (Å²) in [5.41, 5.74) is 2.96. The van der Waals surface area contributed by atoms with Crippen LogP contribution in [0.15, 0.2) is 11.6 Å². The van der Waals surface area contributed by atoms with Crippen LogP contribution >= 0.6 is 0 Å². The molecule has 2 nitrogen and oxygen atoms in total. The maximum absolute atomic E-state index is 12.7. The number of rotatable bonds is 15. The lowest BCUT2D eigenvalue weighted by molar-refractivity contribution is -0.154. The number of hydrogen-bond donors (Lipinski definition) is 0. The maximum atomic E-state index is 12.7. The molecule has 4 aliphatic carbocycles. The van der Waals surface area contributed by atoms with E-state index < -0.39 is 0 Å². The highest BCUT2D eigenvalue weighted by molar-refractivity contribution is 5.69. The molecule has 4 rings (SSSR count). The normalized spacial score (nSPS) is 37.2. The van der Waals surface area contributed by atoms with Gasteiger partial charge >= 0.3 is 5.97 Å². The average molecular weight is 569 g/mol. The van der Waals surface area contributed by atoms with Crippen molar-refractivity contribution in [1.29, 1.82) is 0 Å². The van der Waals surface area contributed by atoms with Crippen molar-refractivity contribution in [2.24, 2.45) is 45.8 Å². The summed E-state index contributed by atoms with van der Waals surface area (Å²) in [5, 5.41) is 0. The second kappa shape index (κ2) is 14.3. The minimum Gasteiger partial charge on any atom is -0.462 e. The van der Waals surface area contributed by atoms with E-state index in [-0.39, 0.29) is 12.1 Å². The van der Waals surface area contributed by atoms with Crippen LogP contribution in [0.1, 0.15) is 177 Å². The van der Waals surface area contributed by atoms with Gasteiger partial charge in [-0.3, -0.25) is 4.79 Å². The Kier molecular flexibility index (Phi) is 11.6. The summed E-state index contributed by atoms with van der Waals surface area (Å²) in [6, 6.07) is 0. The van der Waals surface area contributed by atoms with Crippen LogP contribution in [-0.4, -0.2) is 12.1 Å². The van der Waals surface area contributed by atoms with Crippen LogP contribution in [0.2, 0.25) is 0 Å². The minimum atomic E-state index is 0.0544. The molecule has 0 heterocycles. The Balaban J connectivity index is 1.42. The molecule has 0 bridgehead atoms. The van der Waals surface area contributed by atoms with E-state index in [4.69, 9.17) is 4.74 Å². The highest BCUT2D eigenvalue weighted by Crippen LogP contribution is 2.73. The molecule has 0 unspecified atom stereocenters. The first-order valence-corrected chi connectivity index (χ1v) is 18.5. The quantitative estimate of drug-likeness (QED) is 0.112. The summed E-state index contributed by atoms with van der Waals surface area (Å²) in [7, 11) is 0. The van der Waals surface area contributed by atoms with Gasteiger partial charge in [0.25, 0.3) is 0 Å². The molecule has 0 radical (unpaired) electrons. The van der Waals surface area contributed by atoms with E-state index in [1.54, 1.807) is 5.57 Å². The van der Waals surface area contributed by atoms with Gasteiger partial charge in [0.1, 0.15) is 6.10 Å². The van der Waals surface area contributed by atoms with E-state index >= 15 is 0 Å². The fraction of sp³-hybridized carbons (Fsp3) is 0.923. The van der Waals surface area contributed by atoms with E-state index in [0.29, 0.717) is 22.7 Å². The predicted octanol–water partition coefficient (Wildman–Crippen LogP) is 11.9. The number of carbonyl (C=O) groups excluding carboxylic acids is 1. The largest absolute Gasteiger partial charge is 0.462 e. The molecule has 2 heteroatoms. The van der Waals surface area contributed by atoms with Crippen molar-refractivity contribution in [3.8, 4) is 0 Å². The first kappa shape index (κ1) is 33.1. The molecule has 8 atom stereocenters. The van der Waals surface area contributed by atoms with E-state index in [1.807, 2.05) is 0 Å². The topological polar surface area (TPSA) is 26.3 Å². The zero-order valence-electron chi connectivity index (χ0n) is 28.5. The van der Waals surface area contributed by atoms with Gasteiger partial charge in [0, 0.05) is 12.8 Å². The van der Waals surface area contributed by atoms with Crippen LogP contribution < -0.4 is 0 Å². The number of fused-ring (bicyclic) bond motifs is 5. The fourth-order valence-electron chi connectivity index (χ4n) is 11.3. The fourth-order valence-corrected chi connectivity index (χ4v) is 11.3. The number of allylic oxidation sites excluding steroid dienone is 1. The Morgan fingerprint density at radius 2 is 1.63 bits per heavy atom. The smallest absolute Gasteiger partial charge is 0.306 e. The predicted molar refractivity (Wildman–Crippen MR) is 175 cm³/mol. The molecule has 41 heavy (non-hydrogen) atoms. The molecule has 4 aliphatic rings. The van der Waals surface area contributed by atoms with Gasteiger partial charge in [0.2, 0.25) is 0 Å². The summed E-state index contributed by atoms with van der Waals surface area (Å²) in [4.78, 5) is 12.7. The molecule has 236 valence electrons. The van der Waals surface area contributed by atoms with E-state index in [9.17, 15) is 4.79 Å². The van der Waals surface area contributed by atoms with Gasteiger partial charge in [-0.05, 0) is 104 Å². The van der Waals surface area contributed by atoms with Gasteiger partial charge in [-0.15, -0.1) is 0 Å². The van der Waals surface area contributed by atoms with Gasteiger partial charge in [0.05, 0.1) is 0 Å². The lowest BCUT2D eigenvalue weighted by Crippen LogP contribution is -2.57. The maximum Gasteiger partial charge on any atom is 0.306 e. The Morgan fingerprint density at radius 3 is 2.37 bits per heavy atom. The molecule has 0 aromatic carbocycles. The molecular weight excluding hydrogens is 500 g/mol. The zero-order chi connectivity index (χ0) is 29.7. The van der Waals surface area contributed by atoms with Crippen LogP contribution in [0.25, 0.3) is 0 Å². The van der Waals surface area contributed by atoms with Crippen LogP contribution in [0.4, 0.5) is 0 Å². The van der Waals surface area contributed by atoms with Crippen molar-refractivity contribution >= 4 is 5.97 Å². The van der Waals surface area contributed by atoms with Crippen LogP contribution in [-0.2, 0) is 9.53 Å². The molecule has 0 aromatic rings. The molecule has 3 saturated carbocycles. The standard InChI is InChI=1S/C39H68O2/c1-8-10-11-12-13-14-18-36(40)41-32-22-25-37(6)31(28-32)21-27-39(24-9-2)34-20-19-33(30(5)17-15-16-29(3)4)38(34,7)26-23-35(37)39/h21,29-30,32-35H,8-20,22-28H2,1-7H3/t30-,32+,33-,34-,35-,37+,38-,39+/m1/s1. The Hall–Kier alpha value is -0.790. The lowest BCUT2D eigenvalue weighted by Gasteiger charge is -2.65. The minimum absolute atomic E-state index is 0.0544. The second-order valence-corrected chi connectivity index (χ2v) is 16.3. The van der Waals surface area contributed by atoms with Gasteiger partial charge in [-0.1, -0.05) is 118 Å². The summed E-state index contributed by atoms with van der Waals surface area (Å²) >= 11 is 0. The van der Waals surface area contributed by atoms with Gasteiger partial charge in [-0.25, -0.2) is 0 Å². The van der Waals surface area contributed by atoms with Crippen molar-refractivity contribution in [2.45, 2.75) is 183 Å². The number of hydrogen-bond acceptors (Lipinski definition) is 2. The molecule has 0 saturated heterocycles. The molecule has 0 spiro atoms. The third kappa shape index (κ3) is 6.98. The monoisotopic (exact) mass is 569 g/mol. The molecule has 0 aromatic heterocycles. The first-order valence-electron chi connectivity index (χ1n) is 18.5. The molecule has 0 N–H and O–H groups in total. The highest BCUT2D eigenvalue weighted by atomic mass is 16.5. The summed E-state index contributed by atoms with van der Waals surface area (Å²) in [5.74, 6) is 4.36. The Labute approximate surface area is 255 Å². The van der Waals surface area contributed by atoms with Crippen LogP contribution in [0.3, 0.4) is 0 Å². The van der Waals surface area contributed by atoms with Crippen molar-refractivity contribution in [3.63, 3.8) is 0 Å². The van der Waals surface area contributed by atoms with E-state index in [0.717, 1.165) is 48.9 Å². The van der Waals surface area contributed by atoms with Crippen LogP contribution in [0, 0.1) is 45.8 Å². The number of carbonyl (C=O) groups is 1. The van der Waals surface area contributed by atoms with Crippen molar-refractivity contribution in [2.75, 3.05) is 0 Å². The summed E-state index contributed by atoms with van der Waals surface area (Å²) in [6.45, 7) is 17.4. The van der Waals surface area contributed by atoms with Gasteiger partial charge in [0.15, 0.2) is 0 Å². The number of ether oxygens (including phenoxy) is 1. The molecule has 0 amide bonds. The van der Waals surface area contributed by atoms with E-state index in [1.165, 1.54) is 103 Å². The van der Waals surface area contributed by atoms with E-state index in [2.05, 4.69) is 54.5 Å². The lowest BCUT2D eigenvalue weighted by atomic mass is 9.40.